The van der Waals surface area contributed by atoms with Gasteiger partial charge in [-0.3, -0.25) is 4.79 Å². The minimum absolute atomic E-state index is 0.0193. The van der Waals surface area contributed by atoms with Crippen molar-refractivity contribution in [3.8, 4) is 11.5 Å². The molecule has 130 valence electrons. The summed E-state index contributed by atoms with van der Waals surface area (Å²) in [6.45, 7) is 1.75. The lowest BCUT2D eigenvalue weighted by atomic mass is 9.80. The lowest BCUT2D eigenvalue weighted by Gasteiger charge is -2.33. The highest BCUT2D eigenvalue weighted by Gasteiger charge is 2.54. The number of thiocarbonyl (C=S) groups is 1. The third kappa shape index (κ3) is 2.80. The highest BCUT2D eigenvalue weighted by Crippen LogP contribution is 2.44. The summed E-state index contributed by atoms with van der Waals surface area (Å²) in [4.78, 5) is 12.7. The summed E-state index contributed by atoms with van der Waals surface area (Å²) in [5.74, 6) is -0.918. The Kier molecular flexibility index (Phi) is 4.32. The van der Waals surface area contributed by atoms with Gasteiger partial charge in [-0.05, 0) is 54.5 Å². The maximum atomic E-state index is 12.7. The highest BCUT2D eigenvalue weighted by atomic mass is 35.5. The van der Waals surface area contributed by atoms with Crippen LogP contribution in [0.3, 0.4) is 0 Å². The molecule has 1 aliphatic heterocycles. The van der Waals surface area contributed by atoms with E-state index >= 15 is 0 Å². The van der Waals surface area contributed by atoms with Gasteiger partial charge in [0.1, 0.15) is 17.6 Å². The molecule has 2 aromatic carbocycles. The van der Waals surface area contributed by atoms with Crippen molar-refractivity contribution >= 4 is 34.8 Å². The summed E-state index contributed by atoms with van der Waals surface area (Å²) in [5.41, 5.74) is -0.603. The first-order valence-corrected chi connectivity index (χ1v) is 8.14. The van der Waals surface area contributed by atoms with Gasteiger partial charge in [-0.25, -0.2) is 0 Å². The molecule has 1 fully saturated rings. The van der Waals surface area contributed by atoms with Crippen LogP contribution in [0.4, 0.5) is 0 Å². The molecule has 1 saturated heterocycles. The minimum Gasteiger partial charge on any atom is -0.508 e. The molecule has 1 heterocycles. The number of aliphatic hydroxyl groups excluding tert-OH is 1. The number of aromatic hydroxyl groups is 2. The fourth-order valence-electron chi connectivity index (χ4n) is 2.94. The molecule has 25 heavy (non-hydrogen) atoms. The highest BCUT2D eigenvalue weighted by molar-refractivity contribution is 7.80. The first-order chi connectivity index (χ1) is 11.8. The van der Waals surface area contributed by atoms with Crippen LogP contribution in [-0.4, -0.2) is 26.3 Å². The van der Waals surface area contributed by atoms with Gasteiger partial charge in [0, 0.05) is 5.56 Å². The summed E-state index contributed by atoms with van der Waals surface area (Å²) >= 11 is 11.1. The van der Waals surface area contributed by atoms with Gasteiger partial charge in [-0.2, -0.15) is 0 Å². The van der Waals surface area contributed by atoms with Gasteiger partial charge in [0.05, 0.1) is 5.02 Å². The van der Waals surface area contributed by atoms with Crippen molar-refractivity contribution in [2.24, 2.45) is 0 Å². The maximum Gasteiger partial charge on any atom is 0.259 e. The normalized spacial score (nSPS) is 20.9. The number of carbonyl (C=O) groups excluding carboxylic acids is 1. The molecule has 0 radical (unpaired) electrons. The minimum atomic E-state index is -1.76. The van der Waals surface area contributed by atoms with E-state index in [0.29, 0.717) is 11.1 Å². The number of nitrogens with one attached hydrogen (secondary N) is 2. The Morgan fingerprint density at radius 3 is 2.40 bits per heavy atom. The Labute approximate surface area is 154 Å². The fraction of sp³-hybridized carbons (Fsp3) is 0.176. The number of aryl methyl sites for hydroxylation is 1. The van der Waals surface area contributed by atoms with Gasteiger partial charge >= 0.3 is 0 Å². The molecule has 0 aromatic heterocycles. The Morgan fingerprint density at radius 2 is 1.84 bits per heavy atom. The molecule has 1 aliphatic rings. The molecule has 2 aromatic rings. The van der Waals surface area contributed by atoms with E-state index in [9.17, 15) is 20.1 Å². The van der Waals surface area contributed by atoms with Crippen LogP contribution in [0.5, 0.6) is 11.5 Å². The number of carbonyl (C=O) groups is 1. The largest absolute Gasteiger partial charge is 0.508 e. The molecule has 2 atom stereocenters. The van der Waals surface area contributed by atoms with Crippen LogP contribution in [-0.2, 0) is 10.3 Å². The predicted octanol–water partition coefficient (Wildman–Crippen LogP) is 1.99. The lowest BCUT2D eigenvalue weighted by molar-refractivity contribution is -0.129. The summed E-state index contributed by atoms with van der Waals surface area (Å²) in [6.07, 6.45) is -1.41. The maximum absolute atomic E-state index is 12.7. The van der Waals surface area contributed by atoms with Gasteiger partial charge in [-0.1, -0.05) is 23.7 Å². The zero-order valence-electron chi connectivity index (χ0n) is 13.1. The molecule has 0 aliphatic carbocycles. The Hall–Kier alpha value is -2.35. The van der Waals surface area contributed by atoms with Gasteiger partial charge in [-0.15, -0.1) is 0 Å². The Morgan fingerprint density at radius 1 is 1.20 bits per heavy atom. The Bertz CT molecular complexity index is 872. The van der Waals surface area contributed by atoms with Crippen molar-refractivity contribution in [2.45, 2.75) is 18.6 Å². The number of benzene rings is 2. The van der Waals surface area contributed by atoms with Crippen molar-refractivity contribution in [2.75, 3.05) is 0 Å². The zero-order valence-corrected chi connectivity index (χ0v) is 14.6. The van der Waals surface area contributed by atoms with Gasteiger partial charge in [0.25, 0.3) is 5.91 Å². The van der Waals surface area contributed by atoms with E-state index in [1.54, 1.807) is 19.1 Å². The molecule has 1 amide bonds. The second-order valence-electron chi connectivity index (χ2n) is 5.85. The van der Waals surface area contributed by atoms with Gasteiger partial charge in [0.2, 0.25) is 0 Å². The van der Waals surface area contributed by atoms with E-state index < -0.39 is 17.6 Å². The molecule has 0 bridgehead atoms. The Balaban J connectivity index is 2.24. The third-order valence-corrected chi connectivity index (χ3v) is 4.64. The quantitative estimate of drug-likeness (QED) is 0.524. The van der Waals surface area contributed by atoms with Crippen molar-refractivity contribution in [3.63, 3.8) is 0 Å². The van der Waals surface area contributed by atoms with E-state index in [0.717, 1.165) is 0 Å². The molecular formula is C17H15ClN2O4S. The average molecular weight is 379 g/mol. The van der Waals surface area contributed by atoms with E-state index in [1.165, 1.54) is 24.3 Å². The number of hydrogen-bond acceptors (Lipinski definition) is 5. The second-order valence-corrected chi connectivity index (χ2v) is 6.67. The number of halogens is 1. The summed E-state index contributed by atoms with van der Waals surface area (Å²) < 4.78 is 0. The lowest BCUT2D eigenvalue weighted by Crippen LogP contribution is -2.49. The van der Waals surface area contributed by atoms with Crippen LogP contribution in [0, 0.1) is 6.92 Å². The summed E-state index contributed by atoms with van der Waals surface area (Å²) in [7, 11) is 0. The zero-order chi connectivity index (χ0) is 18.4. The van der Waals surface area contributed by atoms with E-state index in [1.807, 2.05) is 0 Å². The number of aliphatic hydroxyl groups is 1. The number of amides is 1. The van der Waals surface area contributed by atoms with Crippen LogP contribution < -0.4 is 10.6 Å². The first kappa shape index (κ1) is 17.5. The number of phenols is 2. The smallest absolute Gasteiger partial charge is 0.259 e. The van der Waals surface area contributed by atoms with Crippen molar-refractivity contribution < 1.29 is 20.1 Å². The molecule has 3 rings (SSSR count). The standard InChI is InChI=1S/C17H15ClN2O4S/c1-8-6-11(13(22)12(18)7-8)17(15(24)19-16(25)20-17)14(23)9-2-4-10(21)5-3-9/h2-7,14,21-23H,1H3,(H2,19,20,24,25). The molecular weight excluding hydrogens is 364 g/mol. The average Bonchev–Trinajstić information content (AvgIpc) is 2.86. The molecule has 0 spiro atoms. The molecule has 2 unspecified atom stereocenters. The number of phenolic OH excluding ortho intramolecular Hbond substituents is 2. The number of hydrogen-bond donors (Lipinski definition) is 5. The van der Waals surface area contributed by atoms with E-state index in [2.05, 4.69) is 10.6 Å². The number of rotatable bonds is 3. The van der Waals surface area contributed by atoms with Crippen LogP contribution in [0.15, 0.2) is 36.4 Å². The van der Waals surface area contributed by atoms with E-state index in [4.69, 9.17) is 23.8 Å². The van der Waals surface area contributed by atoms with Crippen molar-refractivity contribution in [1.29, 1.82) is 0 Å². The molecule has 8 heteroatoms. The van der Waals surface area contributed by atoms with Crippen LogP contribution in [0.1, 0.15) is 22.8 Å². The monoisotopic (exact) mass is 378 g/mol. The van der Waals surface area contributed by atoms with E-state index in [-0.39, 0.29) is 27.2 Å². The second kappa shape index (κ2) is 6.18. The SMILES string of the molecule is Cc1cc(Cl)c(O)c(C2(C(O)c3ccc(O)cc3)NC(=S)NC2=O)c1. The summed E-state index contributed by atoms with van der Waals surface area (Å²) in [6, 6.07) is 8.84. The fourth-order valence-corrected chi connectivity index (χ4v) is 3.47. The van der Waals surface area contributed by atoms with Crippen LogP contribution in [0.25, 0.3) is 0 Å². The van der Waals surface area contributed by atoms with Crippen LogP contribution >= 0.6 is 23.8 Å². The molecule has 0 saturated carbocycles. The predicted molar refractivity (Wildman–Crippen MR) is 96.5 cm³/mol. The van der Waals surface area contributed by atoms with Gasteiger partial charge in [0.15, 0.2) is 10.7 Å². The topological polar surface area (TPSA) is 102 Å². The third-order valence-electron chi connectivity index (χ3n) is 4.15. The van der Waals surface area contributed by atoms with Gasteiger partial charge < -0.3 is 26.0 Å². The van der Waals surface area contributed by atoms with Crippen molar-refractivity contribution in [3.05, 3.63) is 58.1 Å². The van der Waals surface area contributed by atoms with Crippen LogP contribution in [0.2, 0.25) is 5.02 Å². The first-order valence-electron chi connectivity index (χ1n) is 7.36. The van der Waals surface area contributed by atoms with Crippen molar-refractivity contribution in [1.82, 2.24) is 10.6 Å². The molecule has 6 nitrogen and oxygen atoms in total. The molecule has 5 N–H and O–H groups in total. The summed E-state index contributed by atoms with van der Waals surface area (Å²) in [5, 5.41) is 36.2.